The summed E-state index contributed by atoms with van der Waals surface area (Å²) in [5, 5.41) is 21.5. The molecule has 1 saturated heterocycles. The molecule has 2 unspecified atom stereocenters. The third-order valence-corrected chi connectivity index (χ3v) is 6.15. The van der Waals surface area contributed by atoms with Crippen LogP contribution in [0.5, 0.6) is 0 Å². The monoisotopic (exact) mass is 362 g/mol. The molecule has 0 aromatic heterocycles. The van der Waals surface area contributed by atoms with Gasteiger partial charge in [-0.2, -0.15) is 0 Å². The van der Waals surface area contributed by atoms with Crippen LogP contribution in [0.1, 0.15) is 23.0 Å². The molecule has 130 valence electrons. The van der Waals surface area contributed by atoms with Gasteiger partial charge in [0.2, 0.25) is 0 Å². The molecule has 2 atom stereocenters. The highest BCUT2D eigenvalue weighted by Crippen LogP contribution is 2.41. The Morgan fingerprint density at radius 3 is 1.32 bits per heavy atom. The molecular weight excluding hydrogens is 348 g/mol. The van der Waals surface area contributed by atoms with Gasteiger partial charge >= 0.3 is 0 Å². The lowest BCUT2D eigenvalue weighted by molar-refractivity contribution is -0.385. The second kappa shape index (κ2) is 6.25. The first-order chi connectivity index (χ1) is 11.8. The molecular formula is C16H14N2O6S. The van der Waals surface area contributed by atoms with E-state index in [2.05, 4.69) is 0 Å². The van der Waals surface area contributed by atoms with Crippen molar-refractivity contribution in [3.63, 3.8) is 0 Å². The van der Waals surface area contributed by atoms with Crippen LogP contribution in [-0.2, 0) is 9.84 Å². The second-order valence-electron chi connectivity index (χ2n) is 5.99. The minimum atomic E-state index is -3.26. The zero-order valence-corrected chi connectivity index (χ0v) is 13.8. The van der Waals surface area contributed by atoms with Gasteiger partial charge in [-0.1, -0.05) is 24.3 Å². The van der Waals surface area contributed by atoms with E-state index in [1.54, 1.807) is 24.3 Å². The highest BCUT2D eigenvalue weighted by molar-refractivity contribution is 7.91. The molecule has 1 fully saturated rings. The van der Waals surface area contributed by atoms with Crippen molar-refractivity contribution in [3.05, 3.63) is 79.9 Å². The summed E-state index contributed by atoms with van der Waals surface area (Å²) in [5.74, 6) is -0.779. The van der Waals surface area contributed by atoms with Crippen LogP contribution >= 0.6 is 0 Å². The predicted molar refractivity (Wildman–Crippen MR) is 90.3 cm³/mol. The van der Waals surface area contributed by atoms with Crippen LogP contribution < -0.4 is 0 Å². The maximum atomic E-state index is 12.1. The van der Waals surface area contributed by atoms with Gasteiger partial charge in [0.1, 0.15) is 0 Å². The fraction of sp³-hybridized carbons (Fsp3) is 0.250. The summed E-state index contributed by atoms with van der Waals surface area (Å²) in [7, 11) is -3.26. The fourth-order valence-electron chi connectivity index (χ4n) is 3.19. The van der Waals surface area contributed by atoms with Gasteiger partial charge in [0, 0.05) is 36.1 Å². The quantitative estimate of drug-likeness (QED) is 0.609. The van der Waals surface area contributed by atoms with Gasteiger partial charge in [-0.3, -0.25) is 20.2 Å². The summed E-state index contributed by atoms with van der Waals surface area (Å²) in [5.41, 5.74) is 1.29. The van der Waals surface area contributed by atoms with E-state index in [4.69, 9.17) is 0 Å². The van der Waals surface area contributed by atoms with Crippen molar-refractivity contribution >= 4 is 21.2 Å². The average Bonchev–Trinajstić information content (AvgIpc) is 2.91. The predicted octanol–water partition coefficient (Wildman–Crippen LogP) is 2.80. The van der Waals surface area contributed by atoms with Crippen LogP contribution in [-0.4, -0.2) is 29.8 Å². The third kappa shape index (κ3) is 3.50. The molecule has 2 aromatic carbocycles. The van der Waals surface area contributed by atoms with Crippen LogP contribution in [0.15, 0.2) is 48.5 Å². The van der Waals surface area contributed by atoms with E-state index in [9.17, 15) is 28.6 Å². The molecule has 1 aliphatic heterocycles. The first-order valence-corrected chi connectivity index (χ1v) is 9.28. The number of sulfone groups is 1. The number of nitro benzene ring substituents is 2. The topological polar surface area (TPSA) is 120 Å². The van der Waals surface area contributed by atoms with Crippen LogP contribution in [0.4, 0.5) is 11.4 Å². The Morgan fingerprint density at radius 1 is 0.720 bits per heavy atom. The van der Waals surface area contributed by atoms with Crippen molar-refractivity contribution in [1.29, 1.82) is 0 Å². The van der Waals surface area contributed by atoms with E-state index >= 15 is 0 Å². The summed E-state index contributed by atoms with van der Waals surface area (Å²) in [4.78, 5) is 20.5. The average molecular weight is 362 g/mol. The van der Waals surface area contributed by atoms with E-state index < -0.39 is 19.7 Å². The van der Waals surface area contributed by atoms with Gasteiger partial charge in [-0.25, -0.2) is 8.42 Å². The molecule has 1 heterocycles. The molecule has 9 heteroatoms. The Labute approximate surface area is 143 Å². The van der Waals surface area contributed by atoms with E-state index in [0.717, 1.165) is 0 Å². The first-order valence-electron chi connectivity index (χ1n) is 7.46. The van der Waals surface area contributed by atoms with Crippen molar-refractivity contribution in [2.45, 2.75) is 11.8 Å². The number of benzene rings is 2. The minimum absolute atomic E-state index is 0.0491. The lowest BCUT2D eigenvalue weighted by atomic mass is 9.84. The Balaban J connectivity index is 1.95. The number of nitrogens with zero attached hydrogens (tertiary/aromatic N) is 2. The molecule has 0 N–H and O–H groups in total. The van der Waals surface area contributed by atoms with Crippen LogP contribution in [0.25, 0.3) is 0 Å². The van der Waals surface area contributed by atoms with Gasteiger partial charge in [0.05, 0.1) is 21.4 Å². The van der Waals surface area contributed by atoms with Gasteiger partial charge in [-0.05, 0) is 11.1 Å². The van der Waals surface area contributed by atoms with E-state index in [1.165, 1.54) is 24.3 Å². The summed E-state index contributed by atoms with van der Waals surface area (Å²) >= 11 is 0. The maximum Gasteiger partial charge on any atom is 0.269 e. The Kier molecular flexibility index (Phi) is 4.25. The fourth-order valence-corrected chi connectivity index (χ4v) is 5.27. The standard InChI is InChI=1S/C16H14N2O6S/c19-17(20)13-5-1-11(2-6-13)15-9-25(23,24)10-16(15)12-3-7-14(8-4-12)18(21)22/h1-8,15-16H,9-10H2. The molecule has 0 spiro atoms. The molecule has 1 aliphatic rings. The summed E-state index contributed by atoms with van der Waals surface area (Å²) in [6.07, 6.45) is 0. The van der Waals surface area contributed by atoms with Crippen molar-refractivity contribution in [2.75, 3.05) is 11.5 Å². The number of hydrogen-bond donors (Lipinski definition) is 0. The van der Waals surface area contributed by atoms with Crippen LogP contribution in [0.3, 0.4) is 0 Å². The van der Waals surface area contributed by atoms with Gasteiger partial charge in [0.25, 0.3) is 11.4 Å². The molecule has 2 aromatic rings. The summed E-state index contributed by atoms with van der Waals surface area (Å²) < 4.78 is 24.3. The van der Waals surface area contributed by atoms with Crippen molar-refractivity contribution in [2.24, 2.45) is 0 Å². The Morgan fingerprint density at radius 2 is 1.04 bits per heavy atom. The lowest BCUT2D eigenvalue weighted by Crippen LogP contribution is -2.09. The SMILES string of the molecule is O=[N+]([O-])c1ccc(C2CS(=O)(=O)CC2c2ccc([N+](=O)[O-])cc2)cc1. The minimum Gasteiger partial charge on any atom is -0.258 e. The third-order valence-electron chi connectivity index (χ3n) is 4.42. The molecule has 0 amide bonds. The zero-order chi connectivity index (χ0) is 18.2. The molecule has 3 rings (SSSR count). The molecule has 0 saturated carbocycles. The van der Waals surface area contributed by atoms with Crippen molar-refractivity contribution in [1.82, 2.24) is 0 Å². The lowest BCUT2D eigenvalue weighted by Gasteiger charge is -2.18. The van der Waals surface area contributed by atoms with E-state index in [0.29, 0.717) is 11.1 Å². The van der Waals surface area contributed by atoms with Gasteiger partial charge in [0.15, 0.2) is 9.84 Å². The van der Waals surface area contributed by atoms with Gasteiger partial charge < -0.3 is 0 Å². The number of non-ortho nitro benzene ring substituents is 2. The smallest absolute Gasteiger partial charge is 0.258 e. The Bertz CT molecular complexity index is 851. The molecule has 25 heavy (non-hydrogen) atoms. The van der Waals surface area contributed by atoms with E-state index in [-0.39, 0.29) is 34.7 Å². The van der Waals surface area contributed by atoms with Crippen molar-refractivity contribution in [3.8, 4) is 0 Å². The first kappa shape index (κ1) is 17.0. The normalized spacial score (nSPS) is 21.8. The van der Waals surface area contributed by atoms with Crippen molar-refractivity contribution < 1.29 is 18.3 Å². The van der Waals surface area contributed by atoms with Crippen LogP contribution in [0.2, 0.25) is 0 Å². The van der Waals surface area contributed by atoms with Gasteiger partial charge in [-0.15, -0.1) is 0 Å². The van der Waals surface area contributed by atoms with E-state index in [1.807, 2.05) is 0 Å². The number of nitro groups is 2. The Hall–Kier alpha value is -2.81. The number of hydrogen-bond acceptors (Lipinski definition) is 6. The second-order valence-corrected chi connectivity index (χ2v) is 8.14. The number of rotatable bonds is 4. The molecule has 0 aliphatic carbocycles. The zero-order valence-electron chi connectivity index (χ0n) is 12.9. The maximum absolute atomic E-state index is 12.1. The molecule has 0 radical (unpaired) electrons. The highest BCUT2D eigenvalue weighted by atomic mass is 32.2. The van der Waals surface area contributed by atoms with Crippen LogP contribution in [0, 0.1) is 20.2 Å². The molecule has 0 bridgehead atoms. The highest BCUT2D eigenvalue weighted by Gasteiger charge is 2.39. The molecule has 8 nitrogen and oxygen atoms in total. The largest absolute Gasteiger partial charge is 0.269 e. The summed E-state index contributed by atoms with van der Waals surface area (Å²) in [6, 6.07) is 11.7. The summed E-state index contributed by atoms with van der Waals surface area (Å²) in [6.45, 7) is 0.